The van der Waals surface area contributed by atoms with E-state index in [1.165, 1.54) is 46.4 Å². The molecule has 0 aliphatic carbocycles. The molecular formula is C35H43N3O2. The highest BCUT2D eigenvalue weighted by Gasteiger charge is 2.29. The SMILES string of the molecule is CCc1cccc(CC)c1-c1nc(-c2ccccc2)c(CN2CCCCC2c2ccc(OC)c(OC)c2)n1CC. The Bertz CT molecular complexity index is 1400. The number of hydrogen-bond acceptors (Lipinski definition) is 4. The van der Waals surface area contributed by atoms with Crippen molar-refractivity contribution in [1.82, 2.24) is 14.5 Å². The number of nitrogens with zero attached hydrogens (tertiary/aromatic N) is 3. The van der Waals surface area contributed by atoms with E-state index in [9.17, 15) is 0 Å². The quantitative estimate of drug-likeness (QED) is 0.205. The van der Waals surface area contributed by atoms with Gasteiger partial charge in [-0.05, 0) is 68.0 Å². The number of likely N-dealkylation sites (tertiary alicyclic amines) is 1. The molecule has 0 radical (unpaired) electrons. The average molecular weight is 538 g/mol. The van der Waals surface area contributed by atoms with E-state index in [0.717, 1.165) is 61.9 Å². The summed E-state index contributed by atoms with van der Waals surface area (Å²) in [4.78, 5) is 8.10. The Morgan fingerprint density at radius 1 is 0.825 bits per heavy atom. The lowest BCUT2D eigenvalue weighted by molar-refractivity contribution is 0.137. The molecule has 2 heterocycles. The minimum Gasteiger partial charge on any atom is -0.493 e. The number of piperidine rings is 1. The van der Waals surface area contributed by atoms with Gasteiger partial charge in [0.2, 0.25) is 0 Å². The molecule has 1 fully saturated rings. The molecule has 5 heteroatoms. The van der Waals surface area contributed by atoms with Crippen molar-refractivity contribution in [3.8, 4) is 34.1 Å². The van der Waals surface area contributed by atoms with Gasteiger partial charge >= 0.3 is 0 Å². The van der Waals surface area contributed by atoms with E-state index in [0.29, 0.717) is 6.04 Å². The Balaban J connectivity index is 1.63. The van der Waals surface area contributed by atoms with Crippen molar-refractivity contribution in [2.75, 3.05) is 20.8 Å². The zero-order chi connectivity index (χ0) is 28.1. The fraction of sp³-hybridized carbons (Fsp3) is 0.400. The number of methoxy groups -OCH3 is 2. The summed E-state index contributed by atoms with van der Waals surface area (Å²) in [5, 5.41) is 0. The van der Waals surface area contributed by atoms with Crippen LogP contribution in [0.5, 0.6) is 11.5 Å². The third-order valence-electron chi connectivity index (χ3n) is 8.42. The second-order valence-electron chi connectivity index (χ2n) is 10.6. The predicted octanol–water partition coefficient (Wildman–Crippen LogP) is 8.11. The van der Waals surface area contributed by atoms with E-state index in [2.05, 4.69) is 90.9 Å². The first-order valence-corrected chi connectivity index (χ1v) is 14.8. The maximum absolute atomic E-state index is 5.67. The summed E-state index contributed by atoms with van der Waals surface area (Å²) in [5.74, 6) is 2.67. The average Bonchev–Trinajstić information content (AvgIpc) is 3.38. The molecule has 1 saturated heterocycles. The number of aromatic nitrogens is 2. The van der Waals surface area contributed by atoms with E-state index >= 15 is 0 Å². The largest absolute Gasteiger partial charge is 0.493 e. The van der Waals surface area contributed by atoms with Gasteiger partial charge in [-0.15, -0.1) is 0 Å². The summed E-state index contributed by atoms with van der Waals surface area (Å²) in [6.45, 7) is 9.53. The highest BCUT2D eigenvalue weighted by atomic mass is 16.5. The van der Waals surface area contributed by atoms with E-state index in [1.807, 2.05) is 6.07 Å². The Morgan fingerprint density at radius 2 is 1.55 bits per heavy atom. The summed E-state index contributed by atoms with van der Waals surface area (Å²) in [6, 6.07) is 24.2. The molecule has 1 unspecified atom stereocenters. The molecule has 1 aliphatic rings. The van der Waals surface area contributed by atoms with Crippen molar-refractivity contribution in [2.45, 2.75) is 72.0 Å². The van der Waals surface area contributed by atoms with Crippen LogP contribution in [0.4, 0.5) is 0 Å². The maximum Gasteiger partial charge on any atom is 0.161 e. The summed E-state index contributed by atoms with van der Waals surface area (Å²) < 4.78 is 13.7. The molecule has 1 atom stereocenters. The summed E-state index contributed by atoms with van der Waals surface area (Å²) in [6.07, 6.45) is 5.54. The minimum atomic E-state index is 0.315. The van der Waals surface area contributed by atoms with Gasteiger partial charge in [-0.2, -0.15) is 0 Å². The Morgan fingerprint density at radius 3 is 2.20 bits per heavy atom. The highest BCUT2D eigenvalue weighted by molar-refractivity contribution is 5.72. The van der Waals surface area contributed by atoms with Crippen LogP contribution in [0.3, 0.4) is 0 Å². The Labute approximate surface area is 239 Å². The van der Waals surface area contributed by atoms with Crippen molar-refractivity contribution in [2.24, 2.45) is 0 Å². The molecule has 0 bridgehead atoms. The maximum atomic E-state index is 5.67. The lowest BCUT2D eigenvalue weighted by Gasteiger charge is -2.36. The molecule has 4 aromatic rings. The van der Waals surface area contributed by atoms with Crippen LogP contribution in [-0.4, -0.2) is 35.2 Å². The van der Waals surface area contributed by atoms with Gasteiger partial charge in [-0.3, -0.25) is 4.90 Å². The van der Waals surface area contributed by atoms with Gasteiger partial charge in [0.25, 0.3) is 0 Å². The van der Waals surface area contributed by atoms with E-state index in [1.54, 1.807) is 14.2 Å². The molecule has 210 valence electrons. The molecule has 0 amide bonds. The third-order valence-corrected chi connectivity index (χ3v) is 8.42. The molecule has 0 spiro atoms. The van der Waals surface area contributed by atoms with Crippen LogP contribution >= 0.6 is 0 Å². The van der Waals surface area contributed by atoms with Crippen molar-refractivity contribution in [1.29, 1.82) is 0 Å². The Kier molecular flexibility index (Phi) is 8.91. The molecule has 1 aromatic heterocycles. The van der Waals surface area contributed by atoms with Crippen LogP contribution in [0, 0.1) is 0 Å². The number of hydrogen-bond donors (Lipinski definition) is 0. The van der Waals surface area contributed by atoms with Gasteiger partial charge in [0.15, 0.2) is 11.5 Å². The van der Waals surface area contributed by atoms with Crippen LogP contribution in [-0.2, 0) is 25.9 Å². The van der Waals surface area contributed by atoms with Crippen molar-refractivity contribution < 1.29 is 9.47 Å². The molecule has 40 heavy (non-hydrogen) atoms. The molecule has 0 N–H and O–H groups in total. The standard InChI is InChI=1S/C35H43N3O2/c1-6-25-17-14-18-26(7-2)33(25)35-36-34(27-15-10-9-11-16-27)30(38(35)8-3)24-37-22-13-12-19-29(37)28-20-21-31(39-4)32(23-28)40-5/h9-11,14-18,20-21,23,29H,6-8,12-13,19,22,24H2,1-5H3. The third kappa shape index (κ3) is 5.40. The number of rotatable bonds is 10. The lowest BCUT2D eigenvalue weighted by Crippen LogP contribution is -2.33. The monoisotopic (exact) mass is 537 g/mol. The first-order chi connectivity index (χ1) is 19.6. The second kappa shape index (κ2) is 12.7. The van der Waals surface area contributed by atoms with E-state index < -0.39 is 0 Å². The van der Waals surface area contributed by atoms with Crippen molar-refractivity contribution >= 4 is 0 Å². The molecule has 1 aliphatic heterocycles. The second-order valence-corrected chi connectivity index (χ2v) is 10.6. The van der Waals surface area contributed by atoms with Gasteiger partial charge in [-0.25, -0.2) is 4.98 Å². The van der Waals surface area contributed by atoms with Crippen LogP contribution in [0.15, 0.2) is 66.7 Å². The van der Waals surface area contributed by atoms with Gasteiger partial charge < -0.3 is 14.0 Å². The van der Waals surface area contributed by atoms with Crippen molar-refractivity contribution in [3.05, 3.63) is 89.1 Å². The zero-order valence-electron chi connectivity index (χ0n) is 24.7. The topological polar surface area (TPSA) is 39.5 Å². The molecule has 5 nitrogen and oxygen atoms in total. The smallest absolute Gasteiger partial charge is 0.161 e. The molecule has 5 rings (SSSR count). The van der Waals surface area contributed by atoms with E-state index in [-0.39, 0.29) is 0 Å². The number of aryl methyl sites for hydroxylation is 2. The van der Waals surface area contributed by atoms with Crippen LogP contribution in [0.1, 0.15) is 68.5 Å². The molecule has 3 aromatic carbocycles. The molecular weight excluding hydrogens is 494 g/mol. The zero-order valence-corrected chi connectivity index (χ0v) is 24.7. The van der Waals surface area contributed by atoms with E-state index in [4.69, 9.17) is 14.5 Å². The number of imidazole rings is 1. The van der Waals surface area contributed by atoms with Gasteiger partial charge in [-0.1, -0.05) is 74.9 Å². The first-order valence-electron chi connectivity index (χ1n) is 14.8. The molecule has 0 saturated carbocycles. The fourth-order valence-electron chi connectivity index (χ4n) is 6.35. The van der Waals surface area contributed by atoms with Crippen LogP contribution in [0.25, 0.3) is 22.6 Å². The fourth-order valence-corrected chi connectivity index (χ4v) is 6.35. The van der Waals surface area contributed by atoms with Gasteiger partial charge in [0.05, 0.1) is 25.6 Å². The predicted molar refractivity (Wildman–Crippen MR) is 164 cm³/mol. The summed E-state index contributed by atoms with van der Waals surface area (Å²) in [7, 11) is 3.41. The minimum absolute atomic E-state index is 0.315. The summed E-state index contributed by atoms with van der Waals surface area (Å²) in [5.41, 5.74) is 8.90. The first kappa shape index (κ1) is 28.0. The van der Waals surface area contributed by atoms with Crippen LogP contribution < -0.4 is 9.47 Å². The van der Waals surface area contributed by atoms with Gasteiger partial charge in [0.1, 0.15) is 5.82 Å². The number of benzene rings is 3. The van der Waals surface area contributed by atoms with Gasteiger partial charge in [0, 0.05) is 30.3 Å². The van der Waals surface area contributed by atoms with Crippen LogP contribution in [0.2, 0.25) is 0 Å². The summed E-state index contributed by atoms with van der Waals surface area (Å²) >= 11 is 0. The highest BCUT2D eigenvalue weighted by Crippen LogP contribution is 2.39. The normalized spacial score (nSPS) is 15.8. The Hall–Kier alpha value is -3.57. The number of ether oxygens (including phenoxy) is 2. The lowest BCUT2D eigenvalue weighted by atomic mass is 9.94. The van der Waals surface area contributed by atoms with Crippen molar-refractivity contribution in [3.63, 3.8) is 0 Å².